The van der Waals surface area contributed by atoms with E-state index in [4.69, 9.17) is 5.73 Å². The molecule has 0 saturated carbocycles. The van der Waals surface area contributed by atoms with Crippen molar-refractivity contribution in [3.05, 3.63) is 35.6 Å². The van der Waals surface area contributed by atoms with Gasteiger partial charge in [-0.25, -0.2) is 4.39 Å². The molecule has 2 nitrogen and oxygen atoms in total. The van der Waals surface area contributed by atoms with E-state index in [2.05, 4.69) is 4.90 Å². The molecule has 1 aliphatic rings. The molecule has 3 heteroatoms. The minimum atomic E-state index is -0.152. The van der Waals surface area contributed by atoms with E-state index in [0.29, 0.717) is 6.04 Å². The fraction of sp³-hybridized carbons (Fsp3) is 0.500. The maximum absolute atomic E-state index is 12.9. The summed E-state index contributed by atoms with van der Waals surface area (Å²) in [7, 11) is 0. The van der Waals surface area contributed by atoms with Gasteiger partial charge in [0.25, 0.3) is 0 Å². The minimum absolute atomic E-state index is 0.152. The topological polar surface area (TPSA) is 29.3 Å². The molecule has 0 aliphatic carbocycles. The van der Waals surface area contributed by atoms with Gasteiger partial charge in [-0.05, 0) is 43.6 Å². The molecule has 0 radical (unpaired) electrons. The van der Waals surface area contributed by atoms with E-state index < -0.39 is 0 Å². The Bertz CT molecular complexity index is 319. The first-order chi connectivity index (χ1) is 7.24. The van der Waals surface area contributed by atoms with Crippen molar-refractivity contribution in [2.75, 3.05) is 13.1 Å². The van der Waals surface area contributed by atoms with E-state index in [9.17, 15) is 4.39 Å². The van der Waals surface area contributed by atoms with Crippen LogP contribution in [-0.2, 0) is 6.54 Å². The molecule has 0 spiro atoms. The van der Waals surface area contributed by atoms with Crippen LogP contribution in [0.4, 0.5) is 4.39 Å². The number of hydrogen-bond donors (Lipinski definition) is 1. The molecule has 0 amide bonds. The largest absolute Gasteiger partial charge is 0.328 e. The summed E-state index contributed by atoms with van der Waals surface area (Å²) in [6, 6.07) is 7.18. The summed E-state index contributed by atoms with van der Waals surface area (Å²) in [5.41, 5.74) is 6.87. The van der Waals surface area contributed by atoms with Gasteiger partial charge in [0.1, 0.15) is 5.82 Å². The molecule has 1 heterocycles. The zero-order valence-corrected chi connectivity index (χ0v) is 8.82. The highest BCUT2D eigenvalue weighted by Gasteiger charge is 2.15. The van der Waals surface area contributed by atoms with Gasteiger partial charge in [0.2, 0.25) is 0 Å². The molecule has 1 fully saturated rings. The third-order valence-electron chi connectivity index (χ3n) is 2.93. The number of halogens is 1. The Labute approximate surface area is 89.9 Å². The predicted molar refractivity (Wildman–Crippen MR) is 58.9 cm³/mol. The fourth-order valence-corrected chi connectivity index (χ4v) is 2.00. The molecule has 2 N–H and O–H groups in total. The number of nitrogens with two attached hydrogens (primary N) is 1. The van der Waals surface area contributed by atoms with Crippen molar-refractivity contribution in [1.82, 2.24) is 4.90 Å². The van der Waals surface area contributed by atoms with Crippen LogP contribution in [0.2, 0.25) is 0 Å². The maximum atomic E-state index is 12.9. The molecule has 15 heavy (non-hydrogen) atoms. The van der Waals surface area contributed by atoms with E-state index in [1.165, 1.54) is 6.07 Å². The highest BCUT2D eigenvalue weighted by Crippen LogP contribution is 2.13. The lowest BCUT2D eigenvalue weighted by molar-refractivity contribution is 0.205. The average molecular weight is 208 g/mol. The van der Waals surface area contributed by atoms with E-state index in [1.807, 2.05) is 6.07 Å². The van der Waals surface area contributed by atoms with Crippen molar-refractivity contribution < 1.29 is 4.39 Å². The summed E-state index contributed by atoms with van der Waals surface area (Å²) in [5.74, 6) is -0.152. The van der Waals surface area contributed by atoms with E-state index in [1.54, 1.807) is 12.1 Å². The second kappa shape index (κ2) is 4.73. The zero-order valence-electron chi connectivity index (χ0n) is 8.82. The first-order valence-electron chi connectivity index (χ1n) is 5.46. The molecule has 2 rings (SSSR count). The van der Waals surface area contributed by atoms with Crippen LogP contribution in [0.15, 0.2) is 24.3 Å². The summed E-state index contributed by atoms with van der Waals surface area (Å²) < 4.78 is 12.9. The zero-order chi connectivity index (χ0) is 10.7. The van der Waals surface area contributed by atoms with Crippen LogP contribution < -0.4 is 5.73 Å². The normalized spacial score (nSPS) is 19.3. The SMILES string of the molecule is NC1CCN(Cc2cccc(F)c2)CC1. The second-order valence-corrected chi connectivity index (χ2v) is 4.24. The van der Waals surface area contributed by atoms with Crippen molar-refractivity contribution in [3.63, 3.8) is 0 Å². The van der Waals surface area contributed by atoms with Crippen molar-refractivity contribution in [2.45, 2.75) is 25.4 Å². The van der Waals surface area contributed by atoms with Gasteiger partial charge in [-0.2, -0.15) is 0 Å². The smallest absolute Gasteiger partial charge is 0.123 e. The van der Waals surface area contributed by atoms with E-state index >= 15 is 0 Å². The van der Waals surface area contributed by atoms with Crippen LogP contribution in [0.3, 0.4) is 0 Å². The van der Waals surface area contributed by atoms with Crippen LogP contribution in [-0.4, -0.2) is 24.0 Å². The summed E-state index contributed by atoms with van der Waals surface area (Å²) in [6.45, 7) is 2.89. The molecule has 0 bridgehead atoms. The monoisotopic (exact) mass is 208 g/mol. The van der Waals surface area contributed by atoms with Crippen LogP contribution in [0.5, 0.6) is 0 Å². The first kappa shape index (κ1) is 10.6. The lowest BCUT2D eigenvalue weighted by Gasteiger charge is -2.30. The molecule has 1 aromatic rings. The molecule has 0 unspecified atom stereocenters. The quantitative estimate of drug-likeness (QED) is 0.802. The number of piperidine rings is 1. The van der Waals surface area contributed by atoms with Crippen LogP contribution in [0.1, 0.15) is 18.4 Å². The highest BCUT2D eigenvalue weighted by molar-refractivity contribution is 5.16. The predicted octanol–water partition coefficient (Wildman–Crippen LogP) is 1.75. The highest BCUT2D eigenvalue weighted by atomic mass is 19.1. The molecule has 0 aromatic heterocycles. The number of rotatable bonds is 2. The van der Waals surface area contributed by atoms with Gasteiger partial charge in [-0.1, -0.05) is 12.1 Å². The van der Waals surface area contributed by atoms with Gasteiger partial charge in [-0.3, -0.25) is 4.90 Å². The van der Waals surface area contributed by atoms with E-state index in [-0.39, 0.29) is 5.82 Å². The third-order valence-corrected chi connectivity index (χ3v) is 2.93. The average Bonchev–Trinajstić information content (AvgIpc) is 2.22. The van der Waals surface area contributed by atoms with Gasteiger partial charge in [0, 0.05) is 12.6 Å². The van der Waals surface area contributed by atoms with Crippen LogP contribution in [0.25, 0.3) is 0 Å². The number of nitrogens with zero attached hydrogens (tertiary/aromatic N) is 1. The Hall–Kier alpha value is -0.930. The Morgan fingerprint density at radius 1 is 1.33 bits per heavy atom. The Morgan fingerprint density at radius 3 is 2.73 bits per heavy atom. The number of likely N-dealkylation sites (tertiary alicyclic amines) is 1. The fourth-order valence-electron chi connectivity index (χ4n) is 2.00. The molecular weight excluding hydrogens is 191 g/mol. The Morgan fingerprint density at radius 2 is 2.07 bits per heavy atom. The first-order valence-corrected chi connectivity index (χ1v) is 5.46. The van der Waals surface area contributed by atoms with Crippen molar-refractivity contribution in [2.24, 2.45) is 5.73 Å². The lowest BCUT2D eigenvalue weighted by atomic mass is 10.1. The van der Waals surface area contributed by atoms with E-state index in [0.717, 1.165) is 38.0 Å². The molecule has 1 aliphatic heterocycles. The van der Waals surface area contributed by atoms with Gasteiger partial charge in [0.05, 0.1) is 0 Å². The van der Waals surface area contributed by atoms with Gasteiger partial charge < -0.3 is 5.73 Å². The van der Waals surface area contributed by atoms with Crippen LogP contribution in [0, 0.1) is 5.82 Å². The summed E-state index contributed by atoms with van der Waals surface area (Å²) in [4.78, 5) is 2.33. The standard InChI is InChI=1S/C12H17FN2/c13-11-3-1-2-10(8-11)9-15-6-4-12(14)5-7-15/h1-3,8,12H,4-7,9,14H2. The van der Waals surface area contributed by atoms with Gasteiger partial charge in [-0.15, -0.1) is 0 Å². The Balaban J connectivity index is 1.92. The molecule has 1 aromatic carbocycles. The van der Waals surface area contributed by atoms with Crippen molar-refractivity contribution >= 4 is 0 Å². The summed E-state index contributed by atoms with van der Waals surface area (Å²) in [5, 5.41) is 0. The Kier molecular flexibility index (Phi) is 3.34. The number of benzene rings is 1. The molecule has 1 saturated heterocycles. The third kappa shape index (κ3) is 3.01. The van der Waals surface area contributed by atoms with Crippen LogP contribution >= 0.6 is 0 Å². The summed E-state index contributed by atoms with van der Waals surface area (Å²) in [6.07, 6.45) is 2.10. The van der Waals surface area contributed by atoms with Gasteiger partial charge in [0.15, 0.2) is 0 Å². The van der Waals surface area contributed by atoms with Gasteiger partial charge >= 0.3 is 0 Å². The molecule has 0 atom stereocenters. The minimum Gasteiger partial charge on any atom is -0.328 e. The molecule has 82 valence electrons. The number of hydrogen-bond acceptors (Lipinski definition) is 2. The van der Waals surface area contributed by atoms with Crippen molar-refractivity contribution in [3.8, 4) is 0 Å². The maximum Gasteiger partial charge on any atom is 0.123 e. The lowest BCUT2D eigenvalue weighted by Crippen LogP contribution is -2.39. The second-order valence-electron chi connectivity index (χ2n) is 4.24. The molecular formula is C12H17FN2. The summed E-state index contributed by atoms with van der Waals surface area (Å²) >= 11 is 0. The van der Waals surface area contributed by atoms with Crippen molar-refractivity contribution in [1.29, 1.82) is 0 Å².